The second kappa shape index (κ2) is 7.18. The van der Waals surface area contributed by atoms with E-state index in [1.807, 2.05) is 0 Å². The molecule has 0 saturated carbocycles. The Labute approximate surface area is 135 Å². The van der Waals surface area contributed by atoms with Gasteiger partial charge in [0, 0.05) is 12.7 Å². The van der Waals surface area contributed by atoms with Crippen LogP contribution >= 0.6 is 15.6 Å². The van der Waals surface area contributed by atoms with E-state index < -0.39 is 52.8 Å². The third-order valence-electron chi connectivity index (χ3n) is 3.09. The van der Waals surface area contributed by atoms with Gasteiger partial charge in [-0.1, -0.05) is 0 Å². The Morgan fingerprint density at radius 2 is 1.96 bits per heavy atom. The fourth-order valence-corrected chi connectivity index (χ4v) is 3.69. The monoisotopic (exact) mass is 390 g/mol. The molecule has 24 heavy (non-hydrogen) atoms. The molecule has 1 fully saturated rings. The summed E-state index contributed by atoms with van der Waals surface area (Å²) in [4.78, 5) is 38.8. The first kappa shape index (κ1) is 19.5. The molecule has 6 N–H and O–H groups in total. The Hall–Kier alpha value is -0.850. The quantitative estimate of drug-likeness (QED) is 0.280. The molecule has 5 atom stereocenters. The van der Waals surface area contributed by atoms with E-state index in [2.05, 4.69) is 14.2 Å². The number of hydrogen-bond donors (Lipinski definition) is 6. The molecule has 2 amide bonds. The predicted molar refractivity (Wildman–Crippen MR) is 74.0 cm³/mol. The van der Waals surface area contributed by atoms with E-state index in [1.165, 1.54) is 6.20 Å². The van der Waals surface area contributed by atoms with Gasteiger partial charge < -0.3 is 34.9 Å². The summed E-state index contributed by atoms with van der Waals surface area (Å²) >= 11 is 0. The molecule has 0 aromatic carbocycles. The molecule has 2 aliphatic heterocycles. The topological polar surface area (TPSA) is 195 Å². The summed E-state index contributed by atoms with van der Waals surface area (Å²) in [7, 11) is -10.4. The van der Waals surface area contributed by atoms with Crippen molar-refractivity contribution in [3.8, 4) is 0 Å². The normalized spacial score (nSPS) is 33.4. The van der Waals surface area contributed by atoms with Crippen molar-refractivity contribution in [2.24, 2.45) is 0 Å². The summed E-state index contributed by atoms with van der Waals surface area (Å²) in [5.41, 5.74) is 0. The van der Waals surface area contributed by atoms with Gasteiger partial charge in [-0.05, 0) is 6.08 Å². The minimum Gasteiger partial charge on any atom is -0.387 e. The van der Waals surface area contributed by atoms with Gasteiger partial charge in [0.2, 0.25) is 0 Å². The van der Waals surface area contributed by atoms with Crippen LogP contribution in [0, 0.1) is 0 Å². The van der Waals surface area contributed by atoms with Crippen LogP contribution in [-0.2, 0) is 22.7 Å². The summed E-state index contributed by atoms with van der Waals surface area (Å²) < 4.78 is 35.0. The molecule has 0 radical (unpaired) electrons. The number of nitrogens with zero attached hydrogens (tertiary/aromatic N) is 1. The smallest absolute Gasteiger partial charge is 0.387 e. The van der Waals surface area contributed by atoms with Gasteiger partial charge in [-0.15, -0.1) is 0 Å². The molecule has 1 saturated heterocycles. The molecule has 2 aliphatic rings. The van der Waals surface area contributed by atoms with Crippen molar-refractivity contribution in [3.63, 3.8) is 0 Å². The van der Waals surface area contributed by atoms with Crippen molar-refractivity contribution in [2.45, 2.75) is 24.5 Å². The Morgan fingerprint density at radius 3 is 2.54 bits per heavy atom. The SMILES string of the molecule is O=C1NCC=CN1[C@@H]1O[C@H](COP(=O)(O)OP(=O)(O)O)C(O)[C@@H]1O. The molecule has 138 valence electrons. The molecule has 2 heterocycles. The molecule has 13 nitrogen and oxygen atoms in total. The lowest BCUT2D eigenvalue weighted by atomic mass is 10.1. The first-order valence-electron chi connectivity index (χ1n) is 6.49. The van der Waals surface area contributed by atoms with Crippen molar-refractivity contribution < 1.29 is 52.4 Å². The number of rotatable bonds is 6. The third kappa shape index (κ3) is 4.83. The Morgan fingerprint density at radius 1 is 1.29 bits per heavy atom. The molecule has 0 bridgehead atoms. The molecule has 0 spiro atoms. The molecule has 2 rings (SSSR count). The van der Waals surface area contributed by atoms with Gasteiger partial charge in [0.25, 0.3) is 0 Å². The summed E-state index contributed by atoms with van der Waals surface area (Å²) in [6, 6.07) is -0.590. The molecule has 0 aliphatic carbocycles. The number of aliphatic hydroxyl groups is 2. The Bertz CT molecular complexity index is 606. The average Bonchev–Trinajstić information content (AvgIpc) is 2.71. The van der Waals surface area contributed by atoms with Crippen molar-refractivity contribution in [1.82, 2.24) is 10.2 Å². The zero-order chi connectivity index (χ0) is 18.1. The van der Waals surface area contributed by atoms with E-state index in [0.29, 0.717) is 0 Å². The number of nitrogens with one attached hydrogen (secondary N) is 1. The van der Waals surface area contributed by atoms with Gasteiger partial charge in [0.15, 0.2) is 6.23 Å². The highest BCUT2D eigenvalue weighted by Gasteiger charge is 2.48. The number of phosphoric ester groups is 1. The summed E-state index contributed by atoms with van der Waals surface area (Å²) in [6.07, 6.45) is -2.89. The van der Waals surface area contributed by atoms with Crippen molar-refractivity contribution in [3.05, 3.63) is 12.3 Å². The van der Waals surface area contributed by atoms with Crippen molar-refractivity contribution >= 4 is 21.7 Å². The maximum absolute atomic E-state index is 11.7. The number of carbonyl (C=O) groups excluding carboxylic acids is 1. The van der Waals surface area contributed by atoms with Gasteiger partial charge in [-0.25, -0.2) is 13.9 Å². The highest BCUT2D eigenvalue weighted by atomic mass is 31.3. The number of carbonyl (C=O) groups is 1. The number of amides is 2. The van der Waals surface area contributed by atoms with Gasteiger partial charge >= 0.3 is 21.7 Å². The molecule has 0 aromatic rings. The van der Waals surface area contributed by atoms with Crippen LogP contribution in [0.5, 0.6) is 0 Å². The van der Waals surface area contributed by atoms with Crippen LogP contribution in [0.1, 0.15) is 0 Å². The van der Waals surface area contributed by atoms with E-state index in [0.717, 1.165) is 4.90 Å². The van der Waals surface area contributed by atoms with Gasteiger partial charge in [0.1, 0.15) is 18.3 Å². The summed E-state index contributed by atoms with van der Waals surface area (Å²) in [6.45, 7) is -0.553. The van der Waals surface area contributed by atoms with Crippen molar-refractivity contribution in [2.75, 3.05) is 13.2 Å². The second-order valence-electron chi connectivity index (χ2n) is 4.86. The van der Waals surface area contributed by atoms with Crippen molar-refractivity contribution in [1.29, 1.82) is 0 Å². The van der Waals surface area contributed by atoms with E-state index in [-0.39, 0.29) is 6.54 Å². The van der Waals surface area contributed by atoms with E-state index >= 15 is 0 Å². The van der Waals surface area contributed by atoms with Crippen LogP contribution in [0.3, 0.4) is 0 Å². The zero-order valence-corrected chi connectivity index (χ0v) is 13.7. The van der Waals surface area contributed by atoms with E-state index in [9.17, 15) is 24.1 Å². The fourth-order valence-electron chi connectivity index (χ4n) is 2.09. The largest absolute Gasteiger partial charge is 0.481 e. The van der Waals surface area contributed by atoms with E-state index in [4.69, 9.17) is 19.4 Å². The molecule has 15 heteroatoms. The van der Waals surface area contributed by atoms with Gasteiger partial charge in [-0.3, -0.25) is 9.42 Å². The lowest BCUT2D eigenvalue weighted by molar-refractivity contribution is -0.0649. The summed E-state index contributed by atoms with van der Waals surface area (Å²) in [5, 5.41) is 22.3. The Balaban J connectivity index is 1.99. The highest BCUT2D eigenvalue weighted by Crippen LogP contribution is 2.57. The minimum absolute atomic E-state index is 0.278. The zero-order valence-electron chi connectivity index (χ0n) is 11.9. The number of hydrogen-bond acceptors (Lipinski definition) is 8. The van der Waals surface area contributed by atoms with E-state index in [1.54, 1.807) is 6.08 Å². The number of aliphatic hydroxyl groups excluding tert-OH is 2. The van der Waals surface area contributed by atoms with Crippen LogP contribution in [0.15, 0.2) is 12.3 Å². The lowest BCUT2D eigenvalue weighted by Gasteiger charge is -2.29. The van der Waals surface area contributed by atoms with Crippen LogP contribution < -0.4 is 5.32 Å². The standard InChI is InChI=1S/C9H16N2O11P2/c12-6-5(4-20-24(18,19)22-23(15,16)17)21-8(7(6)13)11-3-1-2-10-9(11)14/h1,3,5-8,12-13H,2,4H2,(H,10,14)(H,18,19)(H2,15,16,17)/t5-,6?,7+,8-/m1/s1. The molecular weight excluding hydrogens is 374 g/mol. The predicted octanol–water partition coefficient (Wildman–Crippen LogP) is -1.80. The molecule has 0 aromatic heterocycles. The fraction of sp³-hybridized carbons (Fsp3) is 0.667. The van der Waals surface area contributed by atoms with Crippen LogP contribution in [0.4, 0.5) is 4.79 Å². The van der Waals surface area contributed by atoms with Crippen LogP contribution in [0.25, 0.3) is 0 Å². The average molecular weight is 390 g/mol. The number of phosphoric acid groups is 2. The molecule has 2 unspecified atom stereocenters. The second-order valence-corrected chi connectivity index (χ2v) is 7.69. The number of ether oxygens (including phenoxy) is 1. The molecular formula is C9H16N2O11P2. The van der Waals surface area contributed by atoms with Gasteiger partial charge in [0.05, 0.1) is 6.61 Å². The highest BCUT2D eigenvalue weighted by molar-refractivity contribution is 7.60. The first-order chi connectivity index (χ1) is 11.0. The Kier molecular flexibility index (Phi) is 5.83. The van der Waals surface area contributed by atoms with Crippen LogP contribution in [-0.4, -0.2) is 73.5 Å². The first-order valence-corrected chi connectivity index (χ1v) is 9.51. The summed E-state index contributed by atoms with van der Waals surface area (Å²) in [5.74, 6) is 0. The van der Waals surface area contributed by atoms with Crippen LogP contribution in [0.2, 0.25) is 0 Å². The minimum atomic E-state index is -5.28. The third-order valence-corrected chi connectivity index (χ3v) is 5.25. The lowest BCUT2D eigenvalue weighted by Crippen LogP contribution is -2.50. The number of urea groups is 1. The van der Waals surface area contributed by atoms with Gasteiger partial charge in [-0.2, -0.15) is 4.31 Å². The maximum Gasteiger partial charge on any atom is 0.481 e. The maximum atomic E-state index is 11.7.